The molecule has 0 aliphatic carbocycles. The Bertz CT molecular complexity index is 1160. The molecule has 29 heavy (non-hydrogen) atoms. The Morgan fingerprint density at radius 1 is 1.00 bits per heavy atom. The van der Waals surface area contributed by atoms with Crippen LogP contribution in [-0.2, 0) is 0 Å². The average Bonchev–Trinajstić information content (AvgIpc) is 3.25. The van der Waals surface area contributed by atoms with Crippen LogP contribution in [0.4, 0.5) is 5.69 Å². The summed E-state index contributed by atoms with van der Waals surface area (Å²) in [4.78, 5) is 18.4. The van der Waals surface area contributed by atoms with Crippen molar-refractivity contribution < 1.29 is 4.79 Å². The highest BCUT2D eigenvalue weighted by molar-refractivity contribution is 7.98. The SMILES string of the molecule is CSc1ccccc1C(=O)Nc1cccc(-c2csc(-c3ccc(Cl)cc3)n2)c1. The second kappa shape index (κ2) is 8.82. The average molecular weight is 437 g/mol. The van der Waals surface area contributed by atoms with Crippen LogP contribution >= 0.6 is 34.7 Å². The highest BCUT2D eigenvalue weighted by atomic mass is 35.5. The van der Waals surface area contributed by atoms with Crippen LogP contribution in [0.1, 0.15) is 10.4 Å². The summed E-state index contributed by atoms with van der Waals surface area (Å²) in [5, 5.41) is 6.65. The largest absolute Gasteiger partial charge is 0.322 e. The van der Waals surface area contributed by atoms with Gasteiger partial charge in [-0.3, -0.25) is 4.79 Å². The number of benzene rings is 3. The monoisotopic (exact) mass is 436 g/mol. The van der Waals surface area contributed by atoms with Crippen LogP contribution in [-0.4, -0.2) is 17.1 Å². The number of aromatic nitrogens is 1. The first-order chi connectivity index (χ1) is 14.1. The Morgan fingerprint density at radius 3 is 2.59 bits per heavy atom. The van der Waals surface area contributed by atoms with Gasteiger partial charge < -0.3 is 5.32 Å². The normalized spacial score (nSPS) is 10.7. The number of hydrogen-bond donors (Lipinski definition) is 1. The highest BCUT2D eigenvalue weighted by Gasteiger charge is 2.12. The molecule has 3 aromatic carbocycles. The van der Waals surface area contributed by atoms with E-state index in [-0.39, 0.29) is 5.91 Å². The smallest absolute Gasteiger partial charge is 0.256 e. The topological polar surface area (TPSA) is 42.0 Å². The first-order valence-electron chi connectivity index (χ1n) is 8.90. The molecule has 1 N–H and O–H groups in total. The minimum atomic E-state index is -0.118. The number of carbonyl (C=O) groups excluding carboxylic acids is 1. The van der Waals surface area contributed by atoms with E-state index >= 15 is 0 Å². The molecule has 144 valence electrons. The summed E-state index contributed by atoms with van der Waals surface area (Å²) in [5.41, 5.74) is 4.27. The molecule has 0 bridgehead atoms. The van der Waals surface area contributed by atoms with Gasteiger partial charge in [0.05, 0.1) is 11.3 Å². The van der Waals surface area contributed by atoms with E-state index in [9.17, 15) is 4.79 Å². The van der Waals surface area contributed by atoms with E-state index in [4.69, 9.17) is 16.6 Å². The van der Waals surface area contributed by atoms with Gasteiger partial charge in [0.2, 0.25) is 0 Å². The lowest BCUT2D eigenvalue weighted by Gasteiger charge is -2.09. The van der Waals surface area contributed by atoms with Crippen molar-refractivity contribution in [1.29, 1.82) is 0 Å². The maximum absolute atomic E-state index is 12.7. The van der Waals surface area contributed by atoms with Gasteiger partial charge in [-0.15, -0.1) is 23.1 Å². The lowest BCUT2D eigenvalue weighted by molar-refractivity contribution is 0.102. The molecule has 4 rings (SSSR count). The van der Waals surface area contributed by atoms with Crippen molar-refractivity contribution in [2.45, 2.75) is 4.90 Å². The number of thiazole rings is 1. The second-order valence-corrected chi connectivity index (χ2v) is 8.42. The number of rotatable bonds is 5. The molecule has 0 unspecified atom stereocenters. The number of thioether (sulfide) groups is 1. The van der Waals surface area contributed by atoms with Crippen molar-refractivity contribution in [3.05, 3.63) is 88.8 Å². The number of anilines is 1. The van der Waals surface area contributed by atoms with Gasteiger partial charge in [-0.05, 0) is 42.7 Å². The highest BCUT2D eigenvalue weighted by Crippen LogP contribution is 2.31. The molecule has 1 aromatic heterocycles. The van der Waals surface area contributed by atoms with Crippen molar-refractivity contribution in [2.75, 3.05) is 11.6 Å². The minimum absolute atomic E-state index is 0.118. The molecule has 0 spiro atoms. The molecule has 4 aromatic rings. The Hall–Kier alpha value is -2.60. The summed E-state index contributed by atoms with van der Waals surface area (Å²) in [6.07, 6.45) is 1.97. The summed E-state index contributed by atoms with van der Waals surface area (Å²) in [7, 11) is 0. The van der Waals surface area contributed by atoms with Crippen LogP contribution in [0.5, 0.6) is 0 Å². The third-order valence-corrected chi connectivity index (χ3v) is 6.30. The Morgan fingerprint density at radius 2 is 1.79 bits per heavy atom. The van der Waals surface area contributed by atoms with Gasteiger partial charge in [0.1, 0.15) is 5.01 Å². The molecule has 0 aliphatic heterocycles. The zero-order chi connectivity index (χ0) is 20.2. The second-order valence-electron chi connectivity index (χ2n) is 6.28. The fourth-order valence-electron chi connectivity index (χ4n) is 2.92. The molecular weight excluding hydrogens is 420 g/mol. The molecule has 0 atom stereocenters. The summed E-state index contributed by atoms with van der Waals surface area (Å²) in [6, 6.07) is 23.0. The molecule has 6 heteroatoms. The van der Waals surface area contributed by atoms with E-state index in [1.54, 1.807) is 23.1 Å². The summed E-state index contributed by atoms with van der Waals surface area (Å²) < 4.78 is 0. The Kier molecular flexibility index (Phi) is 6.00. The molecule has 1 heterocycles. The van der Waals surface area contributed by atoms with Crippen LogP contribution in [0, 0.1) is 0 Å². The molecule has 0 aliphatic rings. The van der Waals surface area contributed by atoms with Crippen LogP contribution < -0.4 is 5.32 Å². The molecule has 1 amide bonds. The van der Waals surface area contributed by atoms with E-state index in [0.29, 0.717) is 10.6 Å². The zero-order valence-corrected chi connectivity index (χ0v) is 17.9. The summed E-state index contributed by atoms with van der Waals surface area (Å²) in [6.45, 7) is 0. The Balaban J connectivity index is 1.56. The van der Waals surface area contributed by atoms with Crippen molar-refractivity contribution in [3.8, 4) is 21.8 Å². The maximum Gasteiger partial charge on any atom is 0.256 e. The predicted molar refractivity (Wildman–Crippen MR) is 124 cm³/mol. The Labute approximate surface area is 182 Å². The van der Waals surface area contributed by atoms with Gasteiger partial charge in [0.25, 0.3) is 5.91 Å². The minimum Gasteiger partial charge on any atom is -0.322 e. The van der Waals surface area contributed by atoms with E-state index in [1.165, 1.54) is 0 Å². The van der Waals surface area contributed by atoms with Crippen LogP contribution in [0.3, 0.4) is 0 Å². The van der Waals surface area contributed by atoms with E-state index in [0.717, 1.165) is 32.4 Å². The molecule has 0 saturated heterocycles. The van der Waals surface area contributed by atoms with E-state index < -0.39 is 0 Å². The third kappa shape index (κ3) is 4.53. The van der Waals surface area contributed by atoms with Gasteiger partial charge in [-0.2, -0.15) is 0 Å². The number of halogens is 1. The quantitative estimate of drug-likeness (QED) is 0.339. The lowest BCUT2D eigenvalue weighted by atomic mass is 10.1. The molecular formula is C23H17ClN2OS2. The van der Waals surface area contributed by atoms with Crippen LogP contribution in [0.15, 0.2) is 83.1 Å². The molecule has 0 radical (unpaired) electrons. The van der Waals surface area contributed by atoms with E-state index in [1.807, 2.05) is 84.4 Å². The number of carbonyl (C=O) groups is 1. The van der Waals surface area contributed by atoms with Crippen LogP contribution in [0.25, 0.3) is 21.8 Å². The predicted octanol–water partition coefficient (Wildman–Crippen LogP) is 7.10. The number of amides is 1. The first-order valence-corrected chi connectivity index (χ1v) is 11.4. The fraction of sp³-hybridized carbons (Fsp3) is 0.0435. The number of nitrogens with one attached hydrogen (secondary N) is 1. The van der Waals surface area contributed by atoms with Crippen LogP contribution in [0.2, 0.25) is 5.02 Å². The maximum atomic E-state index is 12.7. The third-order valence-electron chi connectivity index (χ3n) is 4.36. The molecule has 3 nitrogen and oxygen atoms in total. The van der Waals surface area contributed by atoms with Crippen molar-refractivity contribution in [2.24, 2.45) is 0 Å². The molecule has 0 fully saturated rings. The van der Waals surface area contributed by atoms with Crippen molar-refractivity contribution >= 4 is 46.3 Å². The zero-order valence-electron chi connectivity index (χ0n) is 15.6. The fourth-order valence-corrected chi connectivity index (χ4v) is 4.47. The summed E-state index contributed by atoms with van der Waals surface area (Å²) in [5.74, 6) is -0.118. The number of hydrogen-bond acceptors (Lipinski definition) is 4. The lowest BCUT2D eigenvalue weighted by Crippen LogP contribution is -2.12. The van der Waals surface area contributed by atoms with Crippen molar-refractivity contribution in [1.82, 2.24) is 4.98 Å². The van der Waals surface area contributed by atoms with Gasteiger partial charge in [0, 0.05) is 32.1 Å². The first kappa shape index (κ1) is 19.7. The standard InChI is InChI=1S/C23H17ClN2OS2/c1-28-21-8-3-2-7-19(21)22(27)25-18-6-4-5-16(13-18)20-14-29-23(26-20)15-9-11-17(24)12-10-15/h2-14H,1H3,(H,25,27). The molecule has 0 saturated carbocycles. The number of nitrogens with zero attached hydrogens (tertiary/aromatic N) is 1. The van der Waals surface area contributed by atoms with Gasteiger partial charge in [0.15, 0.2) is 0 Å². The summed E-state index contributed by atoms with van der Waals surface area (Å²) >= 11 is 9.11. The van der Waals surface area contributed by atoms with Crippen molar-refractivity contribution in [3.63, 3.8) is 0 Å². The van der Waals surface area contributed by atoms with Gasteiger partial charge in [-0.25, -0.2) is 4.98 Å². The van der Waals surface area contributed by atoms with E-state index in [2.05, 4.69) is 5.32 Å². The van der Waals surface area contributed by atoms with Gasteiger partial charge in [-0.1, -0.05) is 48.0 Å². The van der Waals surface area contributed by atoms with Gasteiger partial charge >= 0.3 is 0 Å².